The minimum absolute atomic E-state index is 0.113. The summed E-state index contributed by atoms with van der Waals surface area (Å²) in [6.45, 7) is 2.95. The first kappa shape index (κ1) is 13.9. The Labute approximate surface area is 99.5 Å². The van der Waals surface area contributed by atoms with E-state index in [9.17, 15) is 8.78 Å². The van der Waals surface area contributed by atoms with Crippen molar-refractivity contribution in [3.05, 3.63) is 28.8 Å². The Morgan fingerprint density at radius 2 is 2.00 bits per heavy atom. The maximum absolute atomic E-state index is 13.4. The highest BCUT2D eigenvalue weighted by Crippen LogP contribution is 2.38. The summed E-state index contributed by atoms with van der Waals surface area (Å²) in [7, 11) is 1.39. The molecule has 0 atom stereocenters. The van der Waals surface area contributed by atoms with E-state index in [0.29, 0.717) is 12.0 Å². The Hall–Kier alpha value is -1.20. The summed E-state index contributed by atoms with van der Waals surface area (Å²) in [6.07, 6.45) is 0.440. The van der Waals surface area contributed by atoms with Crippen LogP contribution >= 0.6 is 0 Å². The molecule has 5 heteroatoms. The van der Waals surface area contributed by atoms with Gasteiger partial charge in [-0.25, -0.2) is 14.7 Å². The third kappa shape index (κ3) is 3.14. The molecule has 0 bridgehead atoms. The van der Waals surface area contributed by atoms with Gasteiger partial charge in [-0.05, 0) is 24.1 Å². The highest BCUT2D eigenvalue weighted by atomic mass is 19.3. The highest BCUT2D eigenvalue weighted by molar-refractivity contribution is 5.48. The molecule has 0 aromatic heterocycles. The van der Waals surface area contributed by atoms with Gasteiger partial charge in [0.15, 0.2) is 0 Å². The largest absolute Gasteiger partial charge is 0.496 e. The average Bonchev–Trinajstić information content (AvgIpc) is 2.25. The maximum atomic E-state index is 13.4. The Morgan fingerprint density at radius 1 is 1.35 bits per heavy atom. The van der Waals surface area contributed by atoms with Gasteiger partial charge >= 0.3 is 0 Å². The molecule has 1 rings (SSSR count). The monoisotopic (exact) mass is 245 g/mol. The summed E-state index contributed by atoms with van der Waals surface area (Å²) in [6, 6.07) is 3.04. The summed E-state index contributed by atoms with van der Waals surface area (Å²) in [5.74, 6) is 2.24. The van der Waals surface area contributed by atoms with Crippen molar-refractivity contribution in [1.82, 2.24) is 0 Å². The fourth-order valence-electron chi connectivity index (χ4n) is 1.78. The number of methoxy groups -OCH3 is 1. The molecule has 96 valence electrons. The third-order valence-corrected chi connectivity index (χ3v) is 2.64. The molecule has 0 unspecified atom stereocenters. The van der Waals surface area contributed by atoms with Crippen molar-refractivity contribution >= 4 is 0 Å². The molecule has 0 amide bonds. The zero-order valence-corrected chi connectivity index (χ0v) is 10.2. The van der Waals surface area contributed by atoms with Crippen molar-refractivity contribution in [3.8, 4) is 5.75 Å². The van der Waals surface area contributed by atoms with Crippen molar-refractivity contribution in [1.29, 1.82) is 0 Å². The summed E-state index contributed by atoms with van der Waals surface area (Å²) in [5.41, 5.74) is 1.47. The van der Waals surface area contributed by atoms with Crippen molar-refractivity contribution < 1.29 is 18.4 Å². The van der Waals surface area contributed by atoms with Crippen LogP contribution in [0.15, 0.2) is 12.1 Å². The van der Waals surface area contributed by atoms with Gasteiger partial charge in [0.1, 0.15) is 5.75 Å². The molecule has 0 aliphatic rings. The highest BCUT2D eigenvalue weighted by Gasteiger charge is 2.30. The molecule has 0 spiro atoms. The Bertz CT molecular complexity index is 389. The van der Waals surface area contributed by atoms with Crippen LogP contribution in [0.3, 0.4) is 0 Å². The van der Waals surface area contributed by atoms with Crippen LogP contribution in [-0.2, 0) is 17.2 Å². The van der Waals surface area contributed by atoms with Crippen molar-refractivity contribution in [2.24, 2.45) is 5.90 Å². The fourth-order valence-corrected chi connectivity index (χ4v) is 1.78. The van der Waals surface area contributed by atoms with E-state index in [1.807, 2.05) is 6.92 Å². The van der Waals surface area contributed by atoms with Crippen LogP contribution < -0.4 is 10.6 Å². The normalized spacial score (nSPS) is 11.6. The first-order chi connectivity index (χ1) is 7.91. The molecule has 0 heterocycles. The van der Waals surface area contributed by atoms with E-state index in [1.54, 1.807) is 6.07 Å². The van der Waals surface area contributed by atoms with Gasteiger partial charge in [0, 0.05) is 13.3 Å². The number of benzene rings is 1. The predicted molar refractivity (Wildman–Crippen MR) is 61.1 cm³/mol. The predicted octanol–water partition coefficient (Wildman–Crippen LogP) is 2.55. The van der Waals surface area contributed by atoms with Gasteiger partial charge in [0.2, 0.25) is 0 Å². The van der Waals surface area contributed by atoms with E-state index in [4.69, 9.17) is 10.6 Å². The average molecular weight is 245 g/mol. The quantitative estimate of drug-likeness (QED) is 0.811. The van der Waals surface area contributed by atoms with E-state index in [1.165, 1.54) is 13.2 Å². The Kier molecular flexibility index (Phi) is 4.42. The second-order valence-electron chi connectivity index (χ2n) is 3.95. The molecule has 3 nitrogen and oxygen atoms in total. The van der Waals surface area contributed by atoms with E-state index in [-0.39, 0.29) is 17.9 Å². The number of halogens is 2. The Morgan fingerprint density at radius 3 is 2.47 bits per heavy atom. The fraction of sp³-hybridized carbons (Fsp3) is 0.500. The van der Waals surface area contributed by atoms with Crippen LogP contribution in [0.4, 0.5) is 8.78 Å². The number of aryl methyl sites for hydroxylation is 1. The second-order valence-corrected chi connectivity index (χ2v) is 3.95. The summed E-state index contributed by atoms with van der Waals surface area (Å²) >= 11 is 0. The molecule has 0 aliphatic heterocycles. The van der Waals surface area contributed by atoms with Crippen molar-refractivity contribution in [2.75, 3.05) is 13.7 Å². The van der Waals surface area contributed by atoms with Gasteiger partial charge in [-0.1, -0.05) is 6.07 Å². The van der Waals surface area contributed by atoms with Gasteiger partial charge in [-0.3, -0.25) is 0 Å². The summed E-state index contributed by atoms with van der Waals surface area (Å²) < 4.78 is 31.9. The molecule has 0 saturated carbocycles. The molecule has 0 saturated heterocycles. The second kappa shape index (κ2) is 5.42. The van der Waals surface area contributed by atoms with Crippen LogP contribution in [0, 0.1) is 6.92 Å². The SMILES string of the molecule is COc1c(C(C)(F)F)ccc(C)c1CCON. The van der Waals surface area contributed by atoms with E-state index < -0.39 is 5.92 Å². The third-order valence-electron chi connectivity index (χ3n) is 2.64. The van der Waals surface area contributed by atoms with Crippen LogP contribution in [0.1, 0.15) is 23.6 Å². The lowest BCUT2D eigenvalue weighted by molar-refractivity contribution is 0.0148. The topological polar surface area (TPSA) is 44.5 Å². The van der Waals surface area contributed by atoms with Crippen LogP contribution in [0.25, 0.3) is 0 Å². The molecule has 0 fully saturated rings. The number of rotatable bonds is 5. The van der Waals surface area contributed by atoms with Crippen LogP contribution in [-0.4, -0.2) is 13.7 Å². The molecular weight excluding hydrogens is 228 g/mol. The number of alkyl halides is 2. The maximum Gasteiger partial charge on any atom is 0.274 e. The molecule has 1 aromatic rings. The lowest BCUT2D eigenvalue weighted by atomic mass is 9.98. The minimum atomic E-state index is -2.93. The minimum Gasteiger partial charge on any atom is -0.496 e. The Balaban J connectivity index is 3.26. The van der Waals surface area contributed by atoms with Gasteiger partial charge < -0.3 is 9.57 Å². The van der Waals surface area contributed by atoms with E-state index >= 15 is 0 Å². The van der Waals surface area contributed by atoms with E-state index in [2.05, 4.69) is 4.84 Å². The van der Waals surface area contributed by atoms with Crippen LogP contribution in [0.5, 0.6) is 5.75 Å². The van der Waals surface area contributed by atoms with Crippen LogP contribution in [0.2, 0.25) is 0 Å². The molecule has 2 N–H and O–H groups in total. The number of ether oxygens (including phenoxy) is 1. The van der Waals surface area contributed by atoms with Crippen molar-refractivity contribution in [2.45, 2.75) is 26.2 Å². The van der Waals surface area contributed by atoms with Gasteiger partial charge in [-0.15, -0.1) is 0 Å². The number of hydrogen-bond acceptors (Lipinski definition) is 3. The lowest BCUT2D eigenvalue weighted by Crippen LogP contribution is -2.13. The molecule has 17 heavy (non-hydrogen) atoms. The lowest BCUT2D eigenvalue weighted by Gasteiger charge is -2.19. The molecular formula is C12H17F2NO2. The van der Waals surface area contributed by atoms with Gasteiger partial charge in [0.25, 0.3) is 5.92 Å². The smallest absolute Gasteiger partial charge is 0.274 e. The summed E-state index contributed by atoms with van der Waals surface area (Å²) in [5, 5.41) is 0. The molecule has 0 radical (unpaired) electrons. The standard InChI is InChI=1S/C12H17F2NO2/c1-8-4-5-10(12(2,13)14)11(16-3)9(8)6-7-17-15/h4-5H,6-7,15H2,1-3H3. The molecule has 0 aliphatic carbocycles. The zero-order valence-electron chi connectivity index (χ0n) is 10.2. The van der Waals surface area contributed by atoms with Gasteiger partial charge in [0.05, 0.1) is 19.3 Å². The first-order valence-corrected chi connectivity index (χ1v) is 5.28. The number of nitrogens with two attached hydrogens (primary N) is 1. The molecule has 1 aromatic carbocycles. The first-order valence-electron chi connectivity index (χ1n) is 5.28. The number of hydrogen-bond donors (Lipinski definition) is 1. The summed E-state index contributed by atoms with van der Waals surface area (Å²) in [4.78, 5) is 4.48. The zero-order chi connectivity index (χ0) is 13.1. The van der Waals surface area contributed by atoms with Crippen molar-refractivity contribution in [3.63, 3.8) is 0 Å². The van der Waals surface area contributed by atoms with Gasteiger partial charge in [-0.2, -0.15) is 0 Å². The van der Waals surface area contributed by atoms with E-state index in [0.717, 1.165) is 12.5 Å².